The molecule has 0 bridgehead atoms. The topological polar surface area (TPSA) is 66.4 Å². The van der Waals surface area contributed by atoms with Crippen LogP contribution in [0.15, 0.2) is 9.59 Å². The molecule has 0 amide bonds. The first-order valence-corrected chi connectivity index (χ1v) is 5.49. The van der Waals surface area contributed by atoms with E-state index in [1.807, 2.05) is 0 Å². The van der Waals surface area contributed by atoms with E-state index in [1.54, 1.807) is 0 Å². The van der Waals surface area contributed by atoms with Gasteiger partial charge in [-0.1, -0.05) is 25.7 Å². The molecule has 0 atom stereocenters. The minimum absolute atomic E-state index is 0.131. The van der Waals surface area contributed by atoms with Crippen LogP contribution in [0.2, 0.25) is 0 Å². The van der Waals surface area contributed by atoms with Crippen LogP contribution in [0.5, 0.6) is 5.75 Å². The second-order valence-electron chi connectivity index (χ2n) is 4.21. The van der Waals surface area contributed by atoms with Crippen molar-refractivity contribution in [3.05, 3.63) is 20.4 Å². The van der Waals surface area contributed by atoms with Crippen LogP contribution in [0.4, 0.5) is 5.69 Å². The number of hydrogen-bond donors (Lipinski definition) is 2. The van der Waals surface area contributed by atoms with E-state index in [9.17, 15) is 14.7 Å². The summed E-state index contributed by atoms with van der Waals surface area (Å²) < 4.78 is 0. The first-order valence-electron chi connectivity index (χ1n) is 5.49. The van der Waals surface area contributed by atoms with Gasteiger partial charge in [-0.15, -0.1) is 0 Å². The standard InChI is InChI=1S/C11H15NO3/c13-9-8(10(14)11(9)15)12-7-5-3-1-2-4-6-7/h7,12-13H,1-6H2. The molecule has 0 aromatic heterocycles. The van der Waals surface area contributed by atoms with Crippen molar-refractivity contribution in [3.8, 4) is 5.75 Å². The summed E-state index contributed by atoms with van der Waals surface area (Å²) in [7, 11) is 0. The van der Waals surface area contributed by atoms with Crippen molar-refractivity contribution in [1.29, 1.82) is 0 Å². The average Bonchev–Trinajstić information content (AvgIpc) is 2.52. The molecule has 0 unspecified atom stereocenters. The van der Waals surface area contributed by atoms with Crippen LogP contribution in [0, 0.1) is 0 Å². The van der Waals surface area contributed by atoms with Gasteiger partial charge < -0.3 is 10.4 Å². The van der Waals surface area contributed by atoms with Crippen molar-refractivity contribution >= 4 is 5.69 Å². The van der Waals surface area contributed by atoms with E-state index in [-0.39, 0.29) is 17.5 Å². The average molecular weight is 209 g/mol. The van der Waals surface area contributed by atoms with Crippen molar-refractivity contribution in [2.75, 3.05) is 5.32 Å². The minimum Gasteiger partial charge on any atom is -0.502 e. The summed E-state index contributed by atoms with van der Waals surface area (Å²) in [5.41, 5.74) is -1.20. The summed E-state index contributed by atoms with van der Waals surface area (Å²) >= 11 is 0. The van der Waals surface area contributed by atoms with Gasteiger partial charge in [-0.25, -0.2) is 0 Å². The molecular formula is C11H15NO3. The molecule has 0 saturated heterocycles. The third-order valence-corrected chi connectivity index (χ3v) is 3.09. The van der Waals surface area contributed by atoms with Crippen LogP contribution >= 0.6 is 0 Å². The fraction of sp³-hybridized carbons (Fsp3) is 0.636. The summed E-state index contributed by atoms with van der Waals surface area (Å²) in [5, 5.41) is 12.2. The molecule has 15 heavy (non-hydrogen) atoms. The zero-order chi connectivity index (χ0) is 10.8. The Morgan fingerprint density at radius 3 is 2.13 bits per heavy atom. The Morgan fingerprint density at radius 1 is 1.00 bits per heavy atom. The summed E-state index contributed by atoms with van der Waals surface area (Å²) in [4.78, 5) is 21.9. The fourth-order valence-corrected chi connectivity index (χ4v) is 2.14. The molecule has 1 aliphatic rings. The monoisotopic (exact) mass is 209 g/mol. The first-order chi connectivity index (χ1) is 7.20. The smallest absolute Gasteiger partial charge is 0.271 e. The molecule has 2 rings (SSSR count). The van der Waals surface area contributed by atoms with E-state index in [0.717, 1.165) is 25.7 Å². The Morgan fingerprint density at radius 2 is 1.60 bits per heavy atom. The molecule has 1 saturated carbocycles. The quantitative estimate of drug-likeness (QED) is 0.566. The highest BCUT2D eigenvalue weighted by atomic mass is 16.3. The van der Waals surface area contributed by atoms with E-state index in [4.69, 9.17) is 0 Å². The largest absolute Gasteiger partial charge is 0.502 e. The third kappa shape index (κ3) is 1.89. The van der Waals surface area contributed by atoms with Crippen molar-refractivity contribution in [2.45, 2.75) is 44.6 Å². The van der Waals surface area contributed by atoms with Gasteiger partial charge in [0.15, 0.2) is 5.75 Å². The van der Waals surface area contributed by atoms with Gasteiger partial charge in [0.05, 0.1) is 0 Å². The van der Waals surface area contributed by atoms with Crippen molar-refractivity contribution in [2.24, 2.45) is 0 Å². The lowest BCUT2D eigenvalue weighted by Crippen LogP contribution is -2.36. The van der Waals surface area contributed by atoms with E-state index >= 15 is 0 Å². The maximum atomic E-state index is 11.1. The molecule has 82 valence electrons. The first kappa shape index (κ1) is 10.2. The number of nitrogens with one attached hydrogen (secondary N) is 1. The number of rotatable bonds is 2. The maximum absolute atomic E-state index is 11.1. The Kier molecular flexibility index (Phi) is 2.75. The summed E-state index contributed by atoms with van der Waals surface area (Å²) in [6.45, 7) is 0. The summed E-state index contributed by atoms with van der Waals surface area (Å²) in [6, 6.07) is 0.238. The highest BCUT2D eigenvalue weighted by molar-refractivity contribution is 5.61. The van der Waals surface area contributed by atoms with Gasteiger partial charge in [0.25, 0.3) is 10.9 Å². The van der Waals surface area contributed by atoms with Crippen molar-refractivity contribution in [3.63, 3.8) is 0 Å². The molecule has 1 fully saturated rings. The highest BCUT2D eigenvalue weighted by Crippen LogP contribution is 2.23. The van der Waals surface area contributed by atoms with Gasteiger partial charge in [-0.3, -0.25) is 9.59 Å². The van der Waals surface area contributed by atoms with Crippen LogP contribution in [-0.2, 0) is 0 Å². The normalized spacial score (nSPS) is 18.9. The van der Waals surface area contributed by atoms with Crippen LogP contribution < -0.4 is 16.2 Å². The number of aromatic hydroxyl groups is 1. The van der Waals surface area contributed by atoms with Crippen LogP contribution in [0.3, 0.4) is 0 Å². The lowest BCUT2D eigenvalue weighted by molar-refractivity contribution is 0.463. The molecule has 0 radical (unpaired) electrons. The zero-order valence-electron chi connectivity index (χ0n) is 8.58. The predicted octanol–water partition coefficient (Wildman–Crippen LogP) is 1.12. The molecule has 0 heterocycles. The maximum Gasteiger partial charge on any atom is 0.271 e. The van der Waals surface area contributed by atoms with E-state index < -0.39 is 10.9 Å². The molecule has 4 nitrogen and oxygen atoms in total. The van der Waals surface area contributed by atoms with Crippen LogP contribution in [0.1, 0.15) is 38.5 Å². The number of hydrogen-bond acceptors (Lipinski definition) is 4. The SMILES string of the molecule is O=c1c(O)c(NC2CCCCCC2)c1=O. The van der Waals surface area contributed by atoms with Gasteiger partial charge in [0, 0.05) is 6.04 Å². The van der Waals surface area contributed by atoms with E-state index in [1.165, 1.54) is 12.8 Å². The van der Waals surface area contributed by atoms with Gasteiger partial charge in [-0.05, 0) is 12.8 Å². The number of anilines is 1. The third-order valence-electron chi connectivity index (χ3n) is 3.09. The van der Waals surface area contributed by atoms with Crippen molar-refractivity contribution < 1.29 is 5.11 Å². The summed E-state index contributed by atoms with van der Waals surface area (Å²) in [6.07, 6.45) is 6.78. The zero-order valence-corrected chi connectivity index (χ0v) is 8.58. The lowest BCUT2D eigenvalue weighted by Gasteiger charge is -2.18. The van der Waals surface area contributed by atoms with Gasteiger partial charge in [-0.2, -0.15) is 0 Å². The molecule has 4 heteroatoms. The molecular weight excluding hydrogens is 194 g/mol. The molecule has 1 aliphatic carbocycles. The second kappa shape index (κ2) is 4.04. The van der Waals surface area contributed by atoms with E-state index in [2.05, 4.69) is 5.32 Å². The Bertz CT molecular complexity index is 409. The minimum atomic E-state index is -0.758. The Labute approximate surface area is 87.6 Å². The Balaban J connectivity index is 2.02. The van der Waals surface area contributed by atoms with Gasteiger partial charge in [0.2, 0.25) is 0 Å². The van der Waals surface area contributed by atoms with E-state index in [0.29, 0.717) is 0 Å². The van der Waals surface area contributed by atoms with Gasteiger partial charge >= 0.3 is 0 Å². The summed E-state index contributed by atoms with van der Waals surface area (Å²) in [5.74, 6) is -0.385. The fourth-order valence-electron chi connectivity index (χ4n) is 2.14. The molecule has 1 aromatic carbocycles. The van der Waals surface area contributed by atoms with Crippen molar-refractivity contribution in [1.82, 2.24) is 0 Å². The Hall–Kier alpha value is -1.32. The van der Waals surface area contributed by atoms with Crippen LogP contribution in [-0.4, -0.2) is 11.1 Å². The highest BCUT2D eigenvalue weighted by Gasteiger charge is 2.22. The predicted molar refractivity (Wildman–Crippen MR) is 58.1 cm³/mol. The molecule has 0 aliphatic heterocycles. The second-order valence-corrected chi connectivity index (χ2v) is 4.21. The molecule has 2 N–H and O–H groups in total. The molecule has 1 aromatic rings. The molecule has 0 spiro atoms. The van der Waals surface area contributed by atoms with Crippen LogP contribution in [0.25, 0.3) is 0 Å². The lowest BCUT2D eigenvalue weighted by atomic mass is 10.1. The van der Waals surface area contributed by atoms with Gasteiger partial charge in [0.1, 0.15) is 5.69 Å².